The van der Waals surface area contributed by atoms with Crippen LogP contribution in [0.3, 0.4) is 0 Å². The van der Waals surface area contributed by atoms with Crippen molar-refractivity contribution in [3.05, 3.63) is 12.2 Å². The van der Waals surface area contributed by atoms with Crippen molar-refractivity contribution >= 4 is 31.7 Å². The van der Waals surface area contributed by atoms with Crippen molar-refractivity contribution < 1.29 is 44.3 Å². The maximum Gasteiger partial charge on any atom is 0.389 e. The molecule has 0 aromatic heterocycles. The third-order valence-corrected chi connectivity index (χ3v) is 8.76. The van der Waals surface area contributed by atoms with Crippen LogP contribution in [0.15, 0.2) is 12.2 Å². The van der Waals surface area contributed by atoms with Gasteiger partial charge in [-0.05, 0) is 36.5 Å². The van der Waals surface area contributed by atoms with Gasteiger partial charge in [0.1, 0.15) is 13.2 Å². The van der Waals surface area contributed by atoms with Gasteiger partial charge in [-0.25, -0.2) is 13.2 Å². The minimum absolute atomic E-state index is 0.163. The Morgan fingerprint density at radius 2 is 1.67 bits per heavy atom. The summed E-state index contributed by atoms with van der Waals surface area (Å²) in [5.41, 5.74) is 0.174. The van der Waals surface area contributed by atoms with Gasteiger partial charge < -0.3 is 9.47 Å². The van der Waals surface area contributed by atoms with Crippen LogP contribution < -0.4 is 0 Å². The van der Waals surface area contributed by atoms with Gasteiger partial charge in [-0.15, -0.1) is 0 Å². The van der Waals surface area contributed by atoms with Gasteiger partial charge in [0, 0.05) is 23.5 Å². The summed E-state index contributed by atoms with van der Waals surface area (Å²) in [7, 11) is -7.08. The molecule has 0 saturated carbocycles. The van der Waals surface area contributed by atoms with Gasteiger partial charge in [-0.3, -0.25) is 0 Å². The van der Waals surface area contributed by atoms with Crippen LogP contribution in [0.25, 0.3) is 0 Å². The molecule has 1 aliphatic heterocycles. The van der Waals surface area contributed by atoms with E-state index in [-0.39, 0.29) is 30.3 Å². The SMILES string of the molecule is C=C(C)C(=O)OCCOC(=O)S1(OS(=O)(=O)CCCC(F)(F)F)CCCC1. The van der Waals surface area contributed by atoms with Gasteiger partial charge in [0.05, 0.1) is 5.75 Å². The number of ether oxygens (including phenoxy) is 2. The fourth-order valence-corrected chi connectivity index (χ4v) is 7.51. The second-order valence-corrected chi connectivity index (χ2v) is 10.8. The zero-order valence-electron chi connectivity index (χ0n) is 14.9. The molecule has 1 rings (SSSR count). The molecule has 0 atom stereocenters. The lowest BCUT2D eigenvalue weighted by Gasteiger charge is -2.30. The predicted molar refractivity (Wildman–Crippen MR) is 93.8 cm³/mol. The summed E-state index contributed by atoms with van der Waals surface area (Å²) in [5, 5.41) is -0.856. The molecule has 0 radical (unpaired) electrons. The summed E-state index contributed by atoms with van der Waals surface area (Å²) in [6, 6.07) is 0. The minimum atomic E-state index is -4.46. The average molecular weight is 436 g/mol. The second kappa shape index (κ2) is 9.78. The third kappa shape index (κ3) is 8.52. The lowest BCUT2D eigenvalue weighted by Crippen LogP contribution is -2.25. The fourth-order valence-electron chi connectivity index (χ4n) is 2.21. The molecular formula is C15H23F3O7S2. The summed E-state index contributed by atoms with van der Waals surface area (Å²) in [6.07, 6.45) is -5.27. The van der Waals surface area contributed by atoms with Crippen molar-refractivity contribution in [3.8, 4) is 0 Å². The maximum absolute atomic E-state index is 12.3. The van der Waals surface area contributed by atoms with Crippen molar-refractivity contribution in [3.63, 3.8) is 0 Å². The Morgan fingerprint density at radius 3 is 2.19 bits per heavy atom. The fraction of sp³-hybridized carbons (Fsp3) is 0.733. The zero-order chi connectivity index (χ0) is 20.7. The molecule has 0 amide bonds. The highest BCUT2D eigenvalue weighted by Gasteiger charge is 2.43. The summed E-state index contributed by atoms with van der Waals surface area (Å²) in [4.78, 5) is 23.6. The highest BCUT2D eigenvalue weighted by Crippen LogP contribution is 2.57. The number of hydrogen-bond acceptors (Lipinski definition) is 7. The molecule has 1 heterocycles. The smallest absolute Gasteiger partial charge is 0.389 e. The normalized spacial score (nSPS) is 17.9. The standard InChI is InChI=1S/C15H23F3O7S2/c1-12(2)13(19)23-7-8-24-14(20)26(9-3-4-10-26)25-27(21,22)11-5-6-15(16,17)18/h1,3-11H2,2H3. The van der Waals surface area contributed by atoms with E-state index in [9.17, 15) is 31.2 Å². The topological polar surface area (TPSA) is 96.0 Å². The molecule has 27 heavy (non-hydrogen) atoms. The Labute approximate surface area is 157 Å². The molecule has 0 unspecified atom stereocenters. The van der Waals surface area contributed by atoms with Crippen molar-refractivity contribution in [2.45, 2.75) is 38.8 Å². The number of rotatable bonds is 9. The van der Waals surface area contributed by atoms with E-state index in [0.717, 1.165) is 0 Å². The molecule has 0 N–H and O–H groups in total. The van der Waals surface area contributed by atoms with Crippen LogP contribution in [0.4, 0.5) is 18.0 Å². The van der Waals surface area contributed by atoms with Gasteiger partial charge in [0.25, 0.3) is 10.1 Å². The zero-order valence-corrected chi connectivity index (χ0v) is 16.5. The number of carbonyl (C=O) groups excluding carboxylic acids is 2. The van der Waals surface area contributed by atoms with Crippen LogP contribution in [0.1, 0.15) is 32.6 Å². The molecule has 0 aromatic carbocycles. The van der Waals surface area contributed by atoms with Crippen LogP contribution >= 0.6 is 10.3 Å². The molecule has 12 heteroatoms. The molecule has 0 bridgehead atoms. The Bertz CT molecular complexity index is 653. The molecular weight excluding hydrogens is 413 g/mol. The lowest BCUT2D eigenvalue weighted by atomic mass is 10.3. The van der Waals surface area contributed by atoms with E-state index in [1.165, 1.54) is 6.92 Å². The van der Waals surface area contributed by atoms with E-state index < -0.39 is 56.5 Å². The van der Waals surface area contributed by atoms with E-state index in [1.54, 1.807) is 0 Å². The molecule has 7 nitrogen and oxygen atoms in total. The number of halogens is 3. The summed E-state index contributed by atoms with van der Waals surface area (Å²) in [5.74, 6) is -1.16. The van der Waals surface area contributed by atoms with E-state index in [1.807, 2.05) is 0 Å². The Morgan fingerprint density at radius 1 is 1.11 bits per heavy atom. The van der Waals surface area contributed by atoms with Crippen molar-refractivity contribution in [2.24, 2.45) is 0 Å². The van der Waals surface area contributed by atoms with Crippen LogP contribution in [0.2, 0.25) is 0 Å². The number of carbonyl (C=O) groups is 2. The predicted octanol–water partition coefficient (Wildman–Crippen LogP) is 3.44. The summed E-state index contributed by atoms with van der Waals surface area (Å²) >= 11 is 0. The van der Waals surface area contributed by atoms with E-state index >= 15 is 0 Å². The monoisotopic (exact) mass is 436 g/mol. The van der Waals surface area contributed by atoms with Crippen LogP contribution in [-0.4, -0.2) is 56.3 Å². The molecule has 1 fully saturated rings. The first-order valence-electron chi connectivity index (χ1n) is 8.15. The van der Waals surface area contributed by atoms with Crippen LogP contribution in [-0.2, 0) is 28.0 Å². The highest BCUT2D eigenvalue weighted by atomic mass is 32.3. The van der Waals surface area contributed by atoms with Gasteiger partial charge in [-0.2, -0.15) is 21.6 Å². The molecule has 1 aliphatic rings. The molecule has 1 saturated heterocycles. The minimum Gasteiger partial charge on any atom is -0.459 e. The quantitative estimate of drug-likeness (QED) is 0.310. The first-order valence-corrected chi connectivity index (χ1v) is 11.6. The van der Waals surface area contributed by atoms with E-state index in [0.29, 0.717) is 12.8 Å². The van der Waals surface area contributed by atoms with Gasteiger partial charge in [-0.1, -0.05) is 6.58 Å². The number of hydrogen-bond donors (Lipinski definition) is 0. The first kappa shape index (κ1) is 23.8. The molecule has 0 aliphatic carbocycles. The van der Waals surface area contributed by atoms with Crippen LogP contribution in [0, 0.1) is 0 Å². The summed E-state index contributed by atoms with van der Waals surface area (Å²) < 4.78 is 75.4. The second-order valence-electron chi connectivity index (χ2n) is 5.99. The molecule has 158 valence electrons. The Hall–Kier alpha value is -1.27. The highest BCUT2D eigenvalue weighted by molar-refractivity contribution is 8.43. The van der Waals surface area contributed by atoms with E-state index in [4.69, 9.17) is 13.1 Å². The molecule has 0 spiro atoms. The Balaban J connectivity index is 2.60. The van der Waals surface area contributed by atoms with E-state index in [2.05, 4.69) is 6.58 Å². The van der Waals surface area contributed by atoms with Crippen molar-refractivity contribution in [1.82, 2.24) is 0 Å². The average Bonchev–Trinajstić information content (AvgIpc) is 2.98. The van der Waals surface area contributed by atoms with Gasteiger partial charge in [0.15, 0.2) is 0 Å². The number of alkyl halides is 3. The Kier molecular flexibility index (Phi) is 8.61. The maximum atomic E-state index is 12.3. The number of esters is 1. The lowest BCUT2D eigenvalue weighted by molar-refractivity contribution is -0.139. The molecule has 0 aromatic rings. The van der Waals surface area contributed by atoms with Crippen molar-refractivity contribution in [1.29, 1.82) is 0 Å². The van der Waals surface area contributed by atoms with Gasteiger partial charge in [0.2, 0.25) is 0 Å². The van der Waals surface area contributed by atoms with Crippen molar-refractivity contribution in [2.75, 3.05) is 30.5 Å². The van der Waals surface area contributed by atoms with Crippen LogP contribution in [0.5, 0.6) is 0 Å². The largest absolute Gasteiger partial charge is 0.459 e. The summed E-state index contributed by atoms with van der Waals surface area (Å²) in [6.45, 7) is 4.32. The third-order valence-electron chi connectivity index (χ3n) is 3.48. The van der Waals surface area contributed by atoms with Gasteiger partial charge >= 0.3 is 17.4 Å². The first-order chi connectivity index (χ1) is 12.4.